The summed E-state index contributed by atoms with van der Waals surface area (Å²) < 4.78 is 12.3. The number of hydrogen-bond donors (Lipinski definition) is 1. The van der Waals surface area contributed by atoms with E-state index in [0.29, 0.717) is 40.2 Å². The highest BCUT2D eigenvalue weighted by molar-refractivity contribution is 6.32. The fourth-order valence-corrected chi connectivity index (χ4v) is 4.66. The van der Waals surface area contributed by atoms with E-state index in [1.165, 1.54) is 12.0 Å². The molecular weight excluding hydrogens is 480 g/mol. The summed E-state index contributed by atoms with van der Waals surface area (Å²) in [4.78, 5) is 29.1. The Balaban J connectivity index is 1.54. The minimum absolute atomic E-state index is 0.137. The number of carbonyl (C=O) groups is 2. The van der Waals surface area contributed by atoms with Crippen molar-refractivity contribution in [3.63, 3.8) is 0 Å². The molecule has 1 aliphatic heterocycles. The van der Waals surface area contributed by atoms with Crippen molar-refractivity contribution in [3.8, 4) is 17.2 Å². The number of furan rings is 1. The molecule has 9 heteroatoms. The first-order valence-corrected chi connectivity index (χ1v) is 11.8. The van der Waals surface area contributed by atoms with Crippen molar-refractivity contribution in [2.75, 3.05) is 12.0 Å². The maximum absolute atomic E-state index is 13.9. The van der Waals surface area contributed by atoms with Gasteiger partial charge in [-0.3, -0.25) is 19.2 Å². The molecule has 1 aliphatic rings. The van der Waals surface area contributed by atoms with E-state index < -0.39 is 5.54 Å². The van der Waals surface area contributed by atoms with Gasteiger partial charge in [0.2, 0.25) is 5.91 Å². The van der Waals surface area contributed by atoms with Crippen LogP contribution in [0.1, 0.15) is 28.5 Å². The van der Waals surface area contributed by atoms with E-state index in [9.17, 15) is 9.59 Å². The van der Waals surface area contributed by atoms with Gasteiger partial charge >= 0.3 is 0 Å². The average Bonchev–Trinajstić information content (AvgIpc) is 3.54. The van der Waals surface area contributed by atoms with Crippen LogP contribution in [0, 0.1) is 6.92 Å². The smallest absolute Gasteiger partial charge is 0.277 e. The molecule has 0 bridgehead atoms. The number of hydrogen-bond acceptors (Lipinski definition) is 5. The number of methoxy groups -OCH3 is 1. The lowest BCUT2D eigenvalue weighted by Gasteiger charge is -2.43. The third-order valence-corrected chi connectivity index (χ3v) is 6.68. The predicted octanol–water partition coefficient (Wildman–Crippen LogP) is 4.85. The first kappa shape index (κ1) is 23.7. The van der Waals surface area contributed by atoms with Gasteiger partial charge in [-0.25, -0.2) is 0 Å². The summed E-state index contributed by atoms with van der Waals surface area (Å²) in [6, 6.07) is 18.1. The molecule has 0 saturated carbocycles. The van der Waals surface area contributed by atoms with Crippen molar-refractivity contribution in [3.05, 3.63) is 88.8 Å². The van der Waals surface area contributed by atoms with Gasteiger partial charge in [0.25, 0.3) is 5.91 Å². The van der Waals surface area contributed by atoms with Gasteiger partial charge in [-0.2, -0.15) is 5.10 Å². The van der Waals surface area contributed by atoms with Crippen LogP contribution in [0.3, 0.4) is 0 Å². The van der Waals surface area contributed by atoms with E-state index in [1.54, 1.807) is 54.3 Å². The molecule has 5 rings (SSSR count). The fourth-order valence-electron chi connectivity index (χ4n) is 4.40. The van der Waals surface area contributed by atoms with E-state index in [1.807, 2.05) is 31.2 Å². The quantitative estimate of drug-likeness (QED) is 0.405. The Morgan fingerprint density at radius 3 is 2.64 bits per heavy atom. The zero-order valence-electron chi connectivity index (χ0n) is 20.1. The number of benzene rings is 2. The second-order valence-corrected chi connectivity index (χ2v) is 9.36. The molecule has 2 aromatic carbocycles. The highest BCUT2D eigenvalue weighted by Gasteiger charge is 2.49. The van der Waals surface area contributed by atoms with Gasteiger partial charge in [0.1, 0.15) is 22.7 Å². The van der Waals surface area contributed by atoms with E-state index in [0.717, 1.165) is 11.1 Å². The topological polar surface area (TPSA) is 89.6 Å². The summed E-state index contributed by atoms with van der Waals surface area (Å²) in [5.74, 6) is 0.319. The van der Waals surface area contributed by atoms with E-state index in [2.05, 4.69) is 10.4 Å². The Bertz CT molecular complexity index is 1430. The fraction of sp³-hybridized carbons (Fsp3) is 0.222. The number of aromatic nitrogens is 2. The number of ether oxygens (including phenoxy) is 1. The molecule has 36 heavy (non-hydrogen) atoms. The summed E-state index contributed by atoms with van der Waals surface area (Å²) in [5.41, 5.74) is 2.14. The van der Waals surface area contributed by atoms with E-state index in [4.69, 9.17) is 20.8 Å². The molecule has 3 heterocycles. The first-order chi connectivity index (χ1) is 17.3. The van der Waals surface area contributed by atoms with Crippen LogP contribution in [-0.4, -0.2) is 34.2 Å². The summed E-state index contributed by atoms with van der Waals surface area (Å²) in [6.45, 7) is 4.19. The van der Waals surface area contributed by atoms with Gasteiger partial charge in [-0.1, -0.05) is 41.4 Å². The number of nitrogens with one attached hydrogen (secondary N) is 1. The largest absolute Gasteiger partial charge is 0.495 e. The molecule has 4 aromatic rings. The molecule has 0 aliphatic carbocycles. The van der Waals surface area contributed by atoms with Crippen molar-refractivity contribution in [1.29, 1.82) is 0 Å². The predicted molar refractivity (Wildman–Crippen MR) is 136 cm³/mol. The van der Waals surface area contributed by atoms with Crippen LogP contribution in [0.5, 0.6) is 5.75 Å². The van der Waals surface area contributed by atoms with Crippen LogP contribution in [0.15, 0.2) is 71.3 Å². The molecule has 8 nitrogen and oxygen atoms in total. The SMILES string of the molecule is COc1ccc(N2C(=O)c3cc(-c4ccco4)nn3C[C@@]2(C)C(=O)NCc2ccc(C)cc2)cc1Cl. The normalized spacial score (nSPS) is 17.1. The molecule has 0 unspecified atom stereocenters. The van der Waals surface area contributed by atoms with Crippen LogP contribution < -0.4 is 15.0 Å². The minimum Gasteiger partial charge on any atom is -0.495 e. The van der Waals surface area contributed by atoms with Crippen molar-refractivity contribution < 1.29 is 18.7 Å². The summed E-state index contributed by atoms with van der Waals surface area (Å²) in [6.07, 6.45) is 1.55. The third kappa shape index (κ3) is 4.13. The van der Waals surface area contributed by atoms with Crippen LogP contribution in [0.2, 0.25) is 5.02 Å². The number of anilines is 1. The Morgan fingerprint density at radius 2 is 1.97 bits per heavy atom. The molecule has 0 fully saturated rings. The summed E-state index contributed by atoms with van der Waals surface area (Å²) >= 11 is 6.40. The van der Waals surface area contributed by atoms with Gasteiger partial charge in [-0.15, -0.1) is 0 Å². The lowest BCUT2D eigenvalue weighted by molar-refractivity contribution is -0.126. The number of nitrogens with zero attached hydrogens (tertiary/aromatic N) is 3. The lowest BCUT2D eigenvalue weighted by Crippen LogP contribution is -2.64. The molecule has 1 atom stereocenters. The Kier molecular flexibility index (Phi) is 6.05. The van der Waals surface area contributed by atoms with Crippen molar-refractivity contribution >= 4 is 29.1 Å². The van der Waals surface area contributed by atoms with Crippen LogP contribution in [-0.2, 0) is 17.9 Å². The third-order valence-electron chi connectivity index (χ3n) is 6.38. The summed E-state index contributed by atoms with van der Waals surface area (Å²) in [7, 11) is 1.52. The van der Waals surface area contributed by atoms with Gasteiger partial charge in [0.05, 0.1) is 24.9 Å². The minimum atomic E-state index is -1.29. The summed E-state index contributed by atoms with van der Waals surface area (Å²) in [5, 5.41) is 7.91. The molecule has 184 valence electrons. The number of rotatable bonds is 6. The van der Waals surface area contributed by atoms with Gasteiger partial charge in [-0.05, 0) is 49.7 Å². The van der Waals surface area contributed by atoms with Gasteiger partial charge < -0.3 is 14.5 Å². The van der Waals surface area contributed by atoms with Crippen molar-refractivity contribution in [2.45, 2.75) is 32.5 Å². The van der Waals surface area contributed by atoms with Crippen molar-refractivity contribution in [2.24, 2.45) is 0 Å². The Hall–Kier alpha value is -4.04. The molecule has 2 amide bonds. The number of carbonyl (C=O) groups excluding carboxylic acids is 2. The highest BCUT2D eigenvalue weighted by Crippen LogP contribution is 2.37. The van der Waals surface area contributed by atoms with E-state index in [-0.39, 0.29) is 18.4 Å². The number of aryl methyl sites for hydroxylation is 1. The van der Waals surface area contributed by atoms with Crippen LogP contribution in [0.4, 0.5) is 5.69 Å². The second-order valence-electron chi connectivity index (χ2n) is 8.95. The second kappa shape index (κ2) is 9.20. The first-order valence-electron chi connectivity index (χ1n) is 11.4. The van der Waals surface area contributed by atoms with E-state index >= 15 is 0 Å². The van der Waals surface area contributed by atoms with Gasteiger partial charge in [0.15, 0.2) is 5.76 Å². The van der Waals surface area contributed by atoms with Gasteiger partial charge in [0, 0.05) is 18.3 Å². The standard InChI is InChI=1S/C27H25ClN4O4/c1-17-6-8-18(9-7-17)15-29-26(34)27(2)16-31-22(14-21(30-31)24-5-4-12-36-24)25(33)32(27)19-10-11-23(35-3)20(28)13-19/h4-14H,15-16H2,1-3H3,(H,29,34)/t27-/m0/s1. The zero-order valence-corrected chi connectivity index (χ0v) is 20.9. The maximum Gasteiger partial charge on any atom is 0.277 e. The molecule has 0 radical (unpaired) electrons. The van der Waals surface area contributed by atoms with Crippen LogP contribution in [0.25, 0.3) is 11.5 Å². The molecule has 0 spiro atoms. The Morgan fingerprint density at radius 1 is 1.19 bits per heavy atom. The molecule has 0 saturated heterocycles. The zero-order chi connectivity index (χ0) is 25.4. The monoisotopic (exact) mass is 504 g/mol. The average molecular weight is 505 g/mol. The molecular formula is C27H25ClN4O4. The number of amides is 2. The van der Waals surface area contributed by atoms with Crippen LogP contribution >= 0.6 is 11.6 Å². The Labute approximate surface area is 213 Å². The number of halogens is 1. The maximum atomic E-state index is 13.9. The highest BCUT2D eigenvalue weighted by atomic mass is 35.5. The van der Waals surface area contributed by atoms with Crippen molar-refractivity contribution in [1.82, 2.24) is 15.1 Å². The molecule has 2 aromatic heterocycles. The lowest BCUT2D eigenvalue weighted by atomic mass is 9.93. The molecule has 1 N–H and O–H groups in total. The number of fused-ring (bicyclic) bond motifs is 1.